The average Bonchev–Trinajstić information content (AvgIpc) is 3.00. The molecule has 2 aromatic rings. The first kappa shape index (κ1) is 13.0. The number of nitrogens with zero attached hydrogens (tertiary/aromatic N) is 3. The lowest BCUT2D eigenvalue weighted by atomic mass is 10.4. The minimum absolute atomic E-state index is 0.664. The first-order chi connectivity index (χ1) is 8.81. The maximum atomic E-state index is 5.53. The topological polar surface area (TPSA) is 42.2 Å². The van der Waals surface area contributed by atoms with Crippen LogP contribution in [0, 0.1) is 0 Å². The summed E-state index contributed by atoms with van der Waals surface area (Å²) < 4.78 is 5.53. The zero-order valence-corrected chi connectivity index (χ0v) is 11.3. The van der Waals surface area contributed by atoms with Crippen molar-refractivity contribution in [3.05, 3.63) is 46.8 Å². The summed E-state index contributed by atoms with van der Waals surface area (Å²) in [5.41, 5.74) is 0. The van der Waals surface area contributed by atoms with E-state index < -0.39 is 0 Å². The predicted octanol–water partition coefficient (Wildman–Crippen LogP) is 2.88. The summed E-state index contributed by atoms with van der Waals surface area (Å²) >= 11 is 1.75. The van der Waals surface area contributed by atoms with Gasteiger partial charge in [-0.2, -0.15) is 0 Å². The van der Waals surface area contributed by atoms with Crippen LogP contribution in [0.5, 0.6) is 0 Å². The zero-order valence-electron chi connectivity index (χ0n) is 10.5. The molecule has 18 heavy (non-hydrogen) atoms. The van der Waals surface area contributed by atoms with Crippen LogP contribution in [0.15, 0.2) is 34.6 Å². The molecule has 0 aliphatic heterocycles. The summed E-state index contributed by atoms with van der Waals surface area (Å²) in [5.74, 6) is 1.37. The van der Waals surface area contributed by atoms with Crippen LogP contribution in [-0.2, 0) is 19.5 Å². The molecule has 2 rings (SSSR count). The monoisotopic (exact) mass is 263 g/mol. The minimum Gasteiger partial charge on any atom is -0.424 e. The van der Waals surface area contributed by atoms with Gasteiger partial charge in [-0.3, -0.25) is 4.90 Å². The summed E-state index contributed by atoms with van der Waals surface area (Å²) in [6.45, 7) is 8.15. The van der Waals surface area contributed by atoms with E-state index in [4.69, 9.17) is 4.42 Å². The van der Waals surface area contributed by atoms with Gasteiger partial charge in [0.1, 0.15) is 0 Å². The molecule has 0 N–H and O–H groups in total. The largest absolute Gasteiger partial charge is 0.424 e. The van der Waals surface area contributed by atoms with Gasteiger partial charge in [0.05, 0.1) is 6.54 Å². The lowest BCUT2D eigenvalue weighted by Crippen LogP contribution is -2.22. The van der Waals surface area contributed by atoms with E-state index in [1.807, 2.05) is 13.0 Å². The van der Waals surface area contributed by atoms with E-state index in [0.29, 0.717) is 18.3 Å². The van der Waals surface area contributed by atoms with Gasteiger partial charge in [-0.25, -0.2) is 0 Å². The molecule has 0 radical (unpaired) electrons. The van der Waals surface area contributed by atoms with Gasteiger partial charge in [-0.15, -0.1) is 28.1 Å². The van der Waals surface area contributed by atoms with Gasteiger partial charge in [0, 0.05) is 24.4 Å². The maximum Gasteiger partial charge on any atom is 0.230 e. The third-order valence-corrected chi connectivity index (χ3v) is 3.38. The number of hydrogen-bond donors (Lipinski definition) is 0. The fourth-order valence-corrected chi connectivity index (χ4v) is 2.42. The van der Waals surface area contributed by atoms with Gasteiger partial charge in [-0.05, 0) is 11.4 Å². The molecule has 0 unspecified atom stereocenters. The van der Waals surface area contributed by atoms with Crippen molar-refractivity contribution in [1.82, 2.24) is 15.1 Å². The van der Waals surface area contributed by atoms with Crippen molar-refractivity contribution in [1.29, 1.82) is 0 Å². The summed E-state index contributed by atoms with van der Waals surface area (Å²) in [4.78, 5) is 3.55. The number of aromatic nitrogens is 2. The van der Waals surface area contributed by atoms with Crippen LogP contribution in [0.1, 0.15) is 23.6 Å². The Morgan fingerprint density at radius 3 is 2.83 bits per heavy atom. The molecule has 0 atom stereocenters. The molecule has 0 bridgehead atoms. The second-order valence-electron chi connectivity index (χ2n) is 3.98. The quantitative estimate of drug-likeness (QED) is 0.720. The molecule has 0 saturated heterocycles. The van der Waals surface area contributed by atoms with Crippen LogP contribution in [0.2, 0.25) is 0 Å². The van der Waals surface area contributed by atoms with Crippen molar-refractivity contribution in [3.8, 4) is 0 Å². The van der Waals surface area contributed by atoms with E-state index in [2.05, 4.69) is 39.2 Å². The highest BCUT2D eigenvalue weighted by Gasteiger charge is 2.11. The average molecular weight is 263 g/mol. The number of rotatable bonds is 7. The van der Waals surface area contributed by atoms with Crippen molar-refractivity contribution < 1.29 is 4.42 Å². The smallest absolute Gasteiger partial charge is 0.230 e. The molecule has 2 aromatic heterocycles. The Morgan fingerprint density at radius 2 is 2.22 bits per heavy atom. The van der Waals surface area contributed by atoms with Crippen LogP contribution in [-0.4, -0.2) is 21.6 Å². The third kappa shape index (κ3) is 3.51. The summed E-state index contributed by atoms with van der Waals surface area (Å²) in [6, 6.07) is 4.19. The summed E-state index contributed by atoms with van der Waals surface area (Å²) in [7, 11) is 0. The van der Waals surface area contributed by atoms with Gasteiger partial charge in [0.15, 0.2) is 0 Å². The molecule has 0 amide bonds. The van der Waals surface area contributed by atoms with Crippen molar-refractivity contribution in [3.63, 3.8) is 0 Å². The Hall–Kier alpha value is -1.46. The zero-order chi connectivity index (χ0) is 12.8. The van der Waals surface area contributed by atoms with Crippen LogP contribution in [0.4, 0.5) is 0 Å². The highest BCUT2D eigenvalue weighted by molar-refractivity contribution is 7.09. The molecule has 0 aliphatic rings. The van der Waals surface area contributed by atoms with Crippen molar-refractivity contribution in [2.24, 2.45) is 0 Å². The SMILES string of the molecule is C=CCN(Cc1nnc(CC)o1)Cc1cccs1. The lowest BCUT2D eigenvalue weighted by Gasteiger charge is -2.17. The Morgan fingerprint density at radius 1 is 1.39 bits per heavy atom. The summed E-state index contributed by atoms with van der Waals surface area (Å²) in [6.07, 6.45) is 2.67. The highest BCUT2D eigenvalue weighted by atomic mass is 32.1. The van der Waals surface area contributed by atoms with E-state index in [1.54, 1.807) is 11.3 Å². The van der Waals surface area contributed by atoms with Gasteiger partial charge in [-0.1, -0.05) is 19.1 Å². The van der Waals surface area contributed by atoms with Gasteiger partial charge in [0.2, 0.25) is 11.8 Å². The van der Waals surface area contributed by atoms with Crippen LogP contribution < -0.4 is 0 Å². The van der Waals surface area contributed by atoms with E-state index in [9.17, 15) is 0 Å². The van der Waals surface area contributed by atoms with E-state index in [1.165, 1.54) is 4.88 Å². The standard InChI is InChI=1S/C13H17N3OS/c1-3-7-16(9-11-6-5-8-18-11)10-13-15-14-12(4-2)17-13/h3,5-6,8H,1,4,7,9-10H2,2H3. The second-order valence-corrected chi connectivity index (χ2v) is 5.01. The molecule has 0 fully saturated rings. The molecule has 0 aromatic carbocycles. The molecule has 96 valence electrons. The molecule has 4 nitrogen and oxygen atoms in total. The van der Waals surface area contributed by atoms with E-state index in [-0.39, 0.29) is 0 Å². The molecule has 0 spiro atoms. The van der Waals surface area contributed by atoms with Gasteiger partial charge < -0.3 is 4.42 Å². The van der Waals surface area contributed by atoms with Crippen molar-refractivity contribution in [2.45, 2.75) is 26.4 Å². The number of hydrogen-bond acceptors (Lipinski definition) is 5. The Kier molecular flexibility index (Phi) is 4.66. The molecular weight excluding hydrogens is 246 g/mol. The fraction of sp³-hybridized carbons (Fsp3) is 0.385. The summed E-state index contributed by atoms with van der Waals surface area (Å²) in [5, 5.41) is 10.1. The second kappa shape index (κ2) is 6.47. The first-order valence-electron chi connectivity index (χ1n) is 5.98. The molecule has 0 saturated carbocycles. The van der Waals surface area contributed by atoms with Crippen LogP contribution in [0.3, 0.4) is 0 Å². The van der Waals surface area contributed by atoms with E-state index in [0.717, 1.165) is 19.5 Å². The minimum atomic E-state index is 0.664. The van der Waals surface area contributed by atoms with Gasteiger partial charge >= 0.3 is 0 Å². The Balaban J connectivity index is 1.99. The number of aryl methyl sites for hydroxylation is 1. The maximum absolute atomic E-state index is 5.53. The predicted molar refractivity (Wildman–Crippen MR) is 72.3 cm³/mol. The molecule has 0 aliphatic carbocycles. The molecular formula is C13H17N3OS. The van der Waals surface area contributed by atoms with Crippen molar-refractivity contribution >= 4 is 11.3 Å². The van der Waals surface area contributed by atoms with E-state index >= 15 is 0 Å². The highest BCUT2D eigenvalue weighted by Crippen LogP contribution is 2.14. The van der Waals surface area contributed by atoms with Crippen LogP contribution >= 0.6 is 11.3 Å². The Labute approximate surface area is 111 Å². The molecule has 2 heterocycles. The van der Waals surface area contributed by atoms with Crippen LogP contribution in [0.25, 0.3) is 0 Å². The molecule has 5 heteroatoms. The van der Waals surface area contributed by atoms with Crippen molar-refractivity contribution in [2.75, 3.05) is 6.54 Å². The third-order valence-electron chi connectivity index (χ3n) is 2.52. The lowest BCUT2D eigenvalue weighted by molar-refractivity contribution is 0.254. The Bertz CT molecular complexity index is 478. The number of thiophene rings is 1. The van der Waals surface area contributed by atoms with Gasteiger partial charge in [0.25, 0.3) is 0 Å². The first-order valence-corrected chi connectivity index (χ1v) is 6.86. The normalized spacial score (nSPS) is 11.0. The fourth-order valence-electron chi connectivity index (χ4n) is 1.68.